The third-order valence-corrected chi connectivity index (χ3v) is 3.67. The second-order valence-electron chi connectivity index (χ2n) is 4.22. The Morgan fingerprint density at radius 1 is 1.17 bits per heavy atom. The van der Waals surface area contributed by atoms with E-state index in [-0.39, 0.29) is 0 Å². The van der Waals surface area contributed by atoms with Crippen LogP contribution in [0.15, 0.2) is 16.6 Å². The lowest BCUT2D eigenvalue weighted by atomic mass is 10.1. The number of hydrogen-bond donors (Lipinski definition) is 1. The molecule has 0 saturated carbocycles. The number of ether oxygens (including phenoxy) is 3. The molecule has 0 spiro atoms. The average molecular weight is 316 g/mol. The van der Waals surface area contributed by atoms with E-state index in [4.69, 9.17) is 14.2 Å². The molecule has 18 heavy (non-hydrogen) atoms. The van der Waals surface area contributed by atoms with Gasteiger partial charge in [-0.15, -0.1) is 0 Å². The summed E-state index contributed by atoms with van der Waals surface area (Å²) in [6.45, 7) is 1.63. The fourth-order valence-corrected chi connectivity index (χ4v) is 2.54. The van der Waals surface area contributed by atoms with Crippen molar-refractivity contribution in [3.8, 4) is 11.5 Å². The summed E-state index contributed by atoms with van der Waals surface area (Å²) in [6.07, 6.45) is 2.04. The number of halogens is 1. The van der Waals surface area contributed by atoms with Crippen molar-refractivity contribution < 1.29 is 14.2 Å². The zero-order chi connectivity index (χ0) is 13.0. The summed E-state index contributed by atoms with van der Waals surface area (Å²) in [4.78, 5) is 0. The van der Waals surface area contributed by atoms with Crippen molar-refractivity contribution >= 4 is 21.6 Å². The summed E-state index contributed by atoms with van der Waals surface area (Å²) in [6, 6.07) is 4.31. The molecule has 1 aliphatic heterocycles. The molecule has 1 saturated heterocycles. The van der Waals surface area contributed by atoms with E-state index in [0.29, 0.717) is 6.04 Å². The smallest absolute Gasteiger partial charge is 0.145 e. The van der Waals surface area contributed by atoms with Crippen LogP contribution in [0.5, 0.6) is 11.5 Å². The lowest BCUT2D eigenvalue weighted by Crippen LogP contribution is -2.28. The van der Waals surface area contributed by atoms with Gasteiger partial charge in [0, 0.05) is 25.3 Å². The zero-order valence-corrected chi connectivity index (χ0v) is 12.2. The highest BCUT2D eigenvalue weighted by Gasteiger charge is 2.16. The average Bonchev–Trinajstić information content (AvgIpc) is 2.40. The van der Waals surface area contributed by atoms with Gasteiger partial charge in [-0.2, -0.15) is 0 Å². The van der Waals surface area contributed by atoms with Crippen LogP contribution < -0.4 is 14.8 Å². The van der Waals surface area contributed by atoms with Crippen LogP contribution >= 0.6 is 15.9 Å². The van der Waals surface area contributed by atoms with E-state index in [1.54, 1.807) is 14.2 Å². The van der Waals surface area contributed by atoms with Gasteiger partial charge >= 0.3 is 0 Å². The van der Waals surface area contributed by atoms with Crippen LogP contribution in [0.1, 0.15) is 12.8 Å². The summed E-state index contributed by atoms with van der Waals surface area (Å²) >= 11 is 3.49. The van der Waals surface area contributed by atoms with Gasteiger partial charge in [-0.3, -0.25) is 0 Å². The Balaban J connectivity index is 2.17. The van der Waals surface area contributed by atoms with Gasteiger partial charge < -0.3 is 19.5 Å². The van der Waals surface area contributed by atoms with E-state index in [0.717, 1.165) is 47.7 Å². The van der Waals surface area contributed by atoms with Crippen LogP contribution in [0.2, 0.25) is 0 Å². The lowest BCUT2D eigenvalue weighted by molar-refractivity contribution is 0.0904. The molecule has 0 unspecified atom stereocenters. The molecule has 5 heteroatoms. The Kier molecular flexibility index (Phi) is 4.72. The monoisotopic (exact) mass is 315 g/mol. The summed E-state index contributed by atoms with van der Waals surface area (Å²) in [7, 11) is 3.31. The van der Waals surface area contributed by atoms with Crippen LogP contribution in [-0.2, 0) is 4.74 Å². The van der Waals surface area contributed by atoms with Crippen molar-refractivity contribution in [2.75, 3.05) is 32.8 Å². The van der Waals surface area contributed by atoms with Gasteiger partial charge in [0.2, 0.25) is 0 Å². The van der Waals surface area contributed by atoms with E-state index in [1.165, 1.54) is 0 Å². The minimum absolute atomic E-state index is 0.438. The Bertz CT molecular complexity index is 405. The van der Waals surface area contributed by atoms with Crippen LogP contribution in [0.3, 0.4) is 0 Å². The Morgan fingerprint density at radius 2 is 1.83 bits per heavy atom. The second-order valence-corrected chi connectivity index (χ2v) is 5.07. The summed E-state index contributed by atoms with van der Waals surface area (Å²) in [5.41, 5.74) is 0.983. The lowest BCUT2D eigenvalue weighted by Gasteiger charge is -2.25. The minimum Gasteiger partial charge on any atom is -0.495 e. The predicted octanol–water partition coefficient (Wildman–Crippen LogP) is 3.06. The van der Waals surface area contributed by atoms with Crippen LogP contribution in [0, 0.1) is 0 Å². The quantitative estimate of drug-likeness (QED) is 0.927. The Morgan fingerprint density at radius 3 is 2.44 bits per heavy atom. The maximum Gasteiger partial charge on any atom is 0.145 e. The normalized spacial score (nSPS) is 16.4. The third-order valence-electron chi connectivity index (χ3n) is 3.05. The van der Waals surface area contributed by atoms with Gasteiger partial charge in [-0.1, -0.05) is 0 Å². The molecule has 0 atom stereocenters. The van der Waals surface area contributed by atoms with Gasteiger partial charge in [0.15, 0.2) is 0 Å². The molecular weight excluding hydrogens is 298 g/mol. The highest BCUT2D eigenvalue weighted by Crippen LogP contribution is 2.36. The topological polar surface area (TPSA) is 39.7 Å². The minimum atomic E-state index is 0.438. The molecular formula is C13H18BrNO3. The largest absolute Gasteiger partial charge is 0.495 e. The molecule has 1 aromatic rings. The van der Waals surface area contributed by atoms with E-state index in [9.17, 15) is 0 Å². The molecule has 1 aromatic carbocycles. The van der Waals surface area contributed by atoms with Gasteiger partial charge in [-0.05, 0) is 34.8 Å². The van der Waals surface area contributed by atoms with Crippen LogP contribution in [0.25, 0.3) is 0 Å². The first kappa shape index (κ1) is 13.5. The van der Waals surface area contributed by atoms with Crippen molar-refractivity contribution in [2.45, 2.75) is 18.9 Å². The van der Waals surface area contributed by atoms with Crippen molar-refractivity contribution in [1.29, 1.82) is 0 Å². The molecule has 4 nitrogen and oxygen atoms in total. The zero-order valence-electron chi connectivity index (χ0n) is 10.7. The molecule has 0 aromatic heterocycles. The van der Waals surface area contributed by atoms with Crippen molar-refractivity contribution in [2.24, 2.45) is 0 Å². The molecule has 0 radical (unpaired) electrons. The molecule has 1 heterocycles. The Labute approximate surface area is 116 Å². The van der Waals surface area contributed by atoms with Gasteiger partial charge in [0.25, 0.3) is 0 Å². The molecule has 1 aliphatic rings. The third kappa shape index (κ3) is 3.09. The van der Waals surface area contributed by atoms with Crippen molar-refractivity contribution in [1.82, 2.24) is 0 Å². The first-order valence-corrected chi connectivity index (χ1v) is 6.79. The van der Waals surface area contributed by atoms with Crippen molar-refractivity contribution in [3.63, 3.8) is 0 Å². The summed E-state index contributed by atoms with van der Waals surface area (Å²) < 4.78 is 16.9. The molecule has 0 amide bonds. The fraction of sp³-hybridized carbons (Fsp3) is 0.538. The maximum atomic E-state index is 5.39. The van der Waals surface area contributed by atoms with Crippen LogP contribution in [0.4, 0.5) is 5.69 Å². The molecule has 0 aliphatic carbocycles. The van der Waals surface area contributed by atoms with E-state index >= 15 is 0 Å². The van der Waals surface area contributed by atoms with E-state index < -0.39 is 0 Å². The number of hydrogen-bond acceptors (Lipinski definition) is 4. The highest BCUT2D eigenvalue weighted by atomic mass is 79.9. The van der Waals surface area contributed by atoms with Gasteiger partial charge in [0.1, 0.15) is 11.5 Å². The van der Waals surface area contributed by atoms with Crippen molar-refractivity contribution in [3.05, 3.63) is 16.6 Å². The van der Waals surface area contributed by atoms with Crippen LogP contribution in [-0.4, -0.2) is 33.5 Å². The number of rotatable bonds is 4. The number of anilines is 1. The predicted molar refractivity (Wildman–Crippen MR) is 74.7 cm³/mol. The first-order chi connectivity index (χ1) is 8.74. The maximum absolute atomic E-state index is 5.39. The number of methoxy groups -OCH3 is 2. The first-order valence-electron chi connectivity index (χ1n) is 6.00. The van der Waals surface area contributed by atoms with Gasteiger partial charge in [-0.25, -0.2) is 0 Å². The molecule has 0 bridgehead atoms. The summed E-state index contributed by atoms with van der Waals surface area (Å²) in [5.74, 6) is 1.56. The summed E-state index contributed by atoms with van der Waals surface area (Å²) in [5, 5.41) is 3.50. The Hall–Kier alpha value is -0.940. The van der Waals surface area contributed by atoms with E-state index in [1.807, 2.05) is 12.1 Å². The van der Waals surface area contributed by atoms with Gasteiger partial charge in [0.05, 0.1) is 24.4 Å². The molecule has 100 valence electrons. The molecule has 2 rings (SSSR count). The highest BCUT2D eigenvalue weighted by molar-refractivity contribution is 9.10. The molecule has 1 N–H and O–H groups in total. The number of benzene rings is 1. The SMILES string of the molecule is COc1cc(OC)c(NC2CCOCC2)cc1Br. The second kappa shape index (κ2) is 6.29. The molecule has 1 fully saturated rings. The standard InChI is InChI=1S/C13H18BrNO3/c1-16-12-8-13(17-2)11(7-10(12)14)15-9-3-5-18-6-4-9/h7-9,15H,3-6H2,1-2H3. The van der Waals surface area contributed by atoms with E-state index in [2.05, 4.69) is 21.2 Å². The fourth-order valence-electron chi connectivity index (χ4n) is 2.03. The number of nitrogens with one attached hydrogen (secondary N) is 1.